The van der Waals surface area contributed by atoms with Gasteiger partial charge in [-0.15, -0.1) is 0 Å². The highest BCUT2D eigenvalue weighted by molar-refractivity contribution is 6.00. The Morgan fingerprint density at radius 2 is 1.83 bits per heavy atom. The van der Waals surface area contributed by atoms with Gasteiger partial charge < -0.3 is 10.6 Å². The van der Waals surface area contributed by atoms with E-state index in [0.29, 0.717) is 17.8 Å². The van der Waals surface area contributed by atoms with Gasteiger partial charge in [-0.05, 0) is 30.2 Å². The minimum Gasteiger partial charge on any atom is -0.348 e. The first-order valence-corrected chi connectivity index (χ1v) is 5.36. The van der Waals surface area contributed by atoms with E-state index in [1.165, 1.54) is 12.2 Å². The molecule has 0 aromatic heterocycles. The van der Waals surface area contributed by atoms with Gasteiger partial charge in [-0.2, -0.15) is 0 Å². The molecule has 0 aliphatic heterocycles. The Kier molecular flexibility index (Phi) is 4.87. The molecule has 1 rings (SSSR count). The predicted molar refractivity (Wildman–Crippen MR) is 71.8 cm³/mol. The largest absolute Gasteiger partial charge is 0.348 e. The Labute approximate surface area is 106 Å². The predicted octanol–water partition coefficient (Wildman–Crippen LogP) is 1.80. The highest BCUT2D eigenvalue weighted by atomic mass is 16.2. The van der Waals surface area contributed by atoms with E-state index in [0.717, 1.165) is 5.56 Å². The van der Waals surface area contributed by atoms with Crippen LogP contribution < -0.4 is 10.6 Å². The van der Waals surface area contributed by atoms with Gasteiger partial charge in [0.1, 0.15) is 0 Å². The van der Waals surface area contributed by atoms with E-state index in [1.807, 2.05) is 0 Å². The first-order chi connectivity index (χ1) is 8.58. The number of rotatable bonds is 5. The molecule has 0 spiro atoms. The van der Waals surface area contributed by atoms with Gasteiger partial charge in [0.05, 0.1) is 0 Å². The Morgan fingerprint density at radius 1 is 1.17 bits per heavy atom. The number of hydrogen-bond acceptors (Lipinski definition) is 2. The number of anilines is 1. The van der Waals surface area contributed by atoms with Crippen molar-refractivity contribution in [1.82, 2.24) is 5.32 Å². The summed E-state index contributed by atoms with van der Waals surface area (Å²) in [6.07, 6.45) is 2.37. The third kappa shape index (κ3) is 3.59. The zero-order chi connectivity index (χ0) is 13.5. The molecule has 0 aliphatic carbocycles. The molecule has 1 radical (unpaired) electrons. The van der Waals surface area contributed by atoms with Crippen LogP contribution in [0.5, 0.6) is 0 Å². The van der Waals surface area contributed by atoms with Crippen molar-refractivity contribution in [2.45, 2.75) is 6.54 Å². The second kappa shape index (κ2) is 6.39. The molecule has 18 heavy (non-hydrogen) atoms. The fourth-order valence-electron chi connectivity index (χ4n) is 1.39. The van der Waals surface area contributed by atoms with Gasteiger partial charge in [0, 0.05) is 12.2 Å². The molecule has 0 saturated heterocycles. The average Bonchev–Trinajstić information content (AvgIpc) is 2.38. The molecule has 0 aliphatic rings. The van der Waals surface area contributed by atoms with Crippen LogP contribution in [0.4, 0.5) is 5.69 Å². The Morgan fingerprint density at radius 3 is 2.44 bits per heavy atom. The van der Waals surface area contributed by atoms with E-state index in [1.54, 1.807) is 18.2 Å². The molecular weight excluding hydrogens is 228 g/mol. The smallest absolute Gasteiger partial charge is 0.247 e. The summed E-state index contributed by atoms with van der Waals surface area (Å²) in [6, 6.07) is 5.38. The van der Waals surface area contributed by atoms with Crippen molar-refractivity contribution in [1.29, 1.82) is 0 Å². The number of hydrogen-bond donors (Lipinski definition) is 2. The molecule has 1 aromatic rings. The van der Waals surface area contributed by atoms with Crippen LogP contribution in [-0.2, 0) is 16.1 Å². The van der Waals surface area contributed by atoms with Crippen molar-refractivity contribution >= 4 is 17.5 Å². The highest BCUT2D eigenvalue weighted by Crippen LogP contribution is 2.20. The lowest BCUT2D eigenvalue weighted by molar-refractivity contribution is -0.116. The van der Waals surface area contributed by atoms with Crippen LogP contribution in [0.3, 0.4) is 0 Å². The average molecular weight is 243 g/mol. The molecule has 2 amide bonds. The second-order valence-corrected chi connectivity index (χ2v) is 3.57. The number of benzene rings is 1. The summed E-state index contributed by atoms with van der Waals surface area (Å²) in [5, 5.41) is 5.32. The summed E-state index contributed by atoms with van der Waals surface area (Å²) in [7, 11) is 0. The van der Waals surface area contributed by atoms with E-state index in [4.69, 9.17) is 0 Å². The van der Waals surface area contributed by atoms with E-state index >= 15 is 0 Å². The fraction of sp³-hybridized carbons (Fsp3) is 0.0714. The SMILES string of the molecule is [CH2]c1cccc(CNC(=O)C=C)c1NC(=O)C=C. The number of nitrogens with one attached hydrogen (secondary N) is 2. The molecule has 93 valence electrons. The van der Waals surface area contributed by atoms with Crippen LogP contribution in [0, 0.1) is 6.92 Å². The first kappa shape index (κ1) is 13.7. The Bertz CT molecular complexity index is 493. The van der Waals surface area contributed by atoms with Gasteiger partial charge in [0.25, 0.3) is 0 Å². The molecule has 1 aromatic carbocycles. The van der Waals surface area contributed by atoms with E-state index in [2.05, 4.69) is 30.7 Å². The second-order valence-electron chi connectivity index (χ2n) is 3.57. The molecule has 0 atom stereocenters. The maximum absolute atomic E-state index is 11.3. The zero-order valence-electron chi connectivity index (χ0n) is 10.0. The molecule has 4 nitrogen and oxygen atoms in total. The standard InChI is InChI=1S/C14H15N2O2/c1-4-12(17)15-9-11-8-6-7-10(3)14(11)16-13(18)5-2/h4-8H,1-3,9H2,(H,15,17)(H,16,18). The van der Waals surface area contributed by atoms with Gasteiger partial charge in [0.2, 0.25) is 11.8 Å². The summed E-state index contributed by atoms with van der Waals surface area (Å²) < 4.78 is 0. The van der Waals surface area contributed by atoms with Crippen molar-refractivity contribution in [3.63, 3.8) is 0 Å². The van der Waals surface area contributed by atoms with Crippen LogP contribution in [0.2, 0.25) is 0 Å². The van der Waals surface area contributed by atoms with Crippen molar-refractivity contribution in [2.75, 3.05) is 5.32 Å². The summed E-state index contributed by atoms with van der Waals surface area (Å²) in [6.45, 7) is 10.9. The molecule has 0 fully saturated rings. The fourth-order valence-corrected chi connectivity index (χ4v) is 1.39. The van der Waals surface area contributed by atoms with Gasteiger partial charge in [-0.3, -0.25) is 9.59 Å². The Hall–Kier alpha value is -2.36. The lowest BCUT2D eigenvalue weighted by atomic mass is 10.1. The molecule has 0 saturated carbocycles. The monoisotopic (exact) mass is 243 g/mol. The van der Waals surface area contributed by atoms with Crippen LogP contribution in [0.15, 0.2) is 43.5 Å². The van der Waals surface area contributed by atoms with Crippen molar-refractivity contribution in [2.24, 2.45) is 0 Å². The number of carbonyl (C=O) groups excluding carboxylic acids is 2. The van der Waals surface area contributed by atoms with Crippen molar-refractivity contribution in [3.8, 4) is 0 Å². The van der Waals surface area contributed by atoms with Crippen molar-refractivity contribution in [3.05, 3.63) is 61.6 Å². The molecule has 0 unspecified atom stereocenters. The van der Waals surface area contributed by atoms with Crippen LogP contribution in [0.25, 0.3) is 0 Å². The molecule has 0 heterocycles. The summed E-state index contributed by atoms with van der Waals surface area (Å²) >= 11 is 0. The van der Waals surface area contributed by atoms with E-state index < -0.39 is 0 Å². The van der Waals surface area contributed by atoms with Gasteiger partial charge in [0.15, 0.2) is 0 Å². The minimum atomic E-state index is -0.317. The quantitative estimate of drug-likeness (QED) is 0.775. The number of carbonyl (C=O) groups is 2. The molecule has 4 heteroatoms. The van der Waals surface area contributed by atoms with E-state index in [-0.39, 0.29) is 11.8 Å². The normalized spacial score (nSPS) is 9.39. The lowest BCUT2D eigenvalue weighted by Crippen LogP contribution is -2.21. The zero-order valence-corrected chi connectivity index (χ0v) is 10.0. The number of amides is 2. The third-order valence-electron chi connectivity index (χ3n) is 2.31. The highest BCUT2D eigenvalue weighted by Gasteiger charge is 2.08. The van der Waals surface area contributed by atoms with Gasteiger partial charge in [-0.1, -0.05) is 31.4 Å². The van der Waals surface area contributed by atoms with Gasteiger partial charge in [-0.25, -0.2) is 0 Å². The Balaban J connectivity index is 2.92. The first-order valence-electron chi connectivity index (χ1n) is 5.36. The summed E-state index contributed by atoms with van der Waals surface area (Å²) in [5.74, 6) is -0.590. The van der Waals surface area contributed by atoms with Crippen LogP contribution in [-0.4, -0.2) is 11.8 Å². The van der Waals surface area contributed by atoms with Gasteiger partial charge >= 0.3 is 0 Å². The third-order valence-corrected chi connectivity index (χ3v) is 2.31. The van der Waals surface area contributed by atoms with Crippen molar-refractivity contribution < 1.29 is 9.59 Å². The maximum Gasteiger partial charge on any atom is 0.247 e. The summed E-state index contributed by atoms with van der Waals surface area (Å²) in [5.41, 5.74) is 2.04. The maximum atomic E-state index is 11.3. The number of para-hydroxylation sites is 1. The lowest BCUT2D eigenvalue weighted by Gasteiger charge is -2.13. The topological polar surface area (TPSA) is 58.2 Å². The van der Waals surface area contributed by atoms with Crippen LogP contribution in [0.1, 0.15) is 11.1 Å². The van der Waals surface area contributed by atoms with E-state index in [9.17, 15) is 9.59 Å². The molecule has 2 N–H and O–H groups in total. The summed E-state index contributed by atoms with van der Waals surface area (Å²) in [4.78, 5) is 22.4. The minimum absolute atomic E-state index is 0.273. The molecular formula is C14H15N2O2. The van der Waals surface area contributed by atoms with Crippen LogP contribution >= 0.6 is 0 Å². The molecule has 0 bridgehead atoms.